The third-order valence-electron chi connectivity index (χ3n) is 4.06. The van der Waals surface area contributed by atoms with Crippen molar-refractivity contribution in [1.82, 2.24) is 4.98 Å². The molecule has 0 fully saturated rings. The first-order valence-corrected chi connectivity index (χ1v) is 9.53. The topological polar surface area (TPSA) is 42.4 Å². The molecule has 26 heavy (non-hydrogen) atoms. The molecule has 3 rings (SSSR count). The lowest BCUT2D eigenvalue weighted by Crippen LogP contribution is -2.32. The van der Waals surface area contributed by atoms with Crippen LogP contribution in [0.5, 0.6) is 5.75 Å². The number of carbonyl (C=O) groups is 1. The minimum Gasteiger partial charge on any atom is -0.497 e. The number of hydrogen-bond acceptors (Lipinski definition) is 4. The van der Waals surface area contributed by atoms with Gasteiger partial charge in [-0.2, -0.15) is 0 Å². The zero-order valence-corrected chi connectivity index (χ0v) is 15.8. The molecule has 0 saturated carbocycles. The Balaban J connectivity index is 1.77. The van der Waals surface area contributed by atoms with Gasteiger partial charge in [0.1, 0.15) is 5.75 Å². The molecule has 1 amide bonds. The number of benzene rings is 2. The summed E-state index contributed by atoms with van der Waals surface area (Å²) in [5.74, 6) is 0.852. The monoisotopic (exact) mass is 366 g/mol. The third kappa shape index (κ3) is 4.29. The molecule has 1 aromatic heterocycles. The van der Waals surface area contributed by atoms with Crippen LogP contribution in [0.2, 0.25) is 0 Å². The second-order valence-electron chi connectivity index (χ2n) is 5.95. The molecule has 134 valence electrons. The molecule has 0 aliphatic rings. The van der Waals surface area contributed by atoms with Crippen molar-refractivity contribution in [3.05, 3.63) is 65.5 Å². The Morgan fingerprint density at radius 3 is 2.50 bits per heavy atom. The Kier molecular flexibility index (Phi) is 6.02. The second-order valence-corrected chi connectivity index (χ2v) is 6.79. The van der Waals surface area contributed by atoms with Crippen LogP contribution in [0.15, 0.2) is 60.0 Å². The molecule has 1 heterocycles. The summed E-state index contributed by atoms with van der Waals surface area (Å²) in [5, 5.41) is 2.76. The largest absolute Gasteiger partial charge is 0.497 e. The predicted octanol–water partition coefficient (Wildman–Crippen LogP) is 4.80. The number of nitrogens with zero attached hydrogens (tertiary/aromatic N) is 2. The number of methoxy groups -OCH3 is 1. The fraction of sp³-hybridized carbons (Fsp3) is 0.238. The zero-order valence-electron chi connectivity index (χ0n) is 15.0. The summed E-state index contributed by atoms with van der Waals surface area (Å²) < 4.78 is 5.17. The number of carbonyl (C=O) groups excluding carboxylic acids is 1. The number of aromatic nitrogens is 1. The minimum atomic E-state index is 0.0611. The van der Waals surface area contributed by atoms with Gasteiger partial charge in [-0.05, 0) is 24.1 Å². The third-order valence-corrected chi connectivity index (χ3v) is 4.92. The van der Waals surface area contributed by atoms with Crippen LogP contribution in [-0.4, -0.2) is 24.5 Å². The van der Waals surface area contributed by atoms with Crippen LogP contribution >= 0.6 is 11.3 Å². The molecule has 5 heteroatoms. The van der Waals surface area contributed by atoms with Crippen molar-refractivity contribution in [2.24, 2.45) is 0 Å². The number of rotatable bonds is 7. The van der Waals surface area contributed by atoms with Crippen molar-refractivity contribution in [3.63, 3.8) is 0 Å². The fourth-order valence-corrected chi connectivity index (χ4v) is 3.57. The molecular weight excluding hydrogens is 344 g/mol. The van der Waals surface area contributed by atoms with Crippen molar-refractivity contribution in [2.75, 3.05) is 18.6 Å². The number of amides is 1. The molecule has 0 aliphatic heterocycles. The molecule has 0 spiro atoms. The van der Waals surface area contributed by atoms with E-state index in [-0.39, 0.29) is 5.91 Å². The molecule has 0 saturated heterocycles. The SMILES string of the molecule is CCCN(C(=O)Cc1ccc(OC)cc1)c1nc(-c2ccccc2)cs1. The summed E-state index contributed by atoms with van der Waals surface area (Å²) in [6.07, 6.45) is 1.23. The Morgan fingerprint density at radius 1 is 1.12 bits per heavy atom. The quantitative estimate of drug-likeness (QED) is 0.603. The van der Waals surface area contributed by atoms with E-state index >= 15 is 0 Å². The molecule has 0 bridgehead atoms. The van der Waals surface area contributed by atoms with Gasteiger partial charge in [0.2, 0.25) is 5.91 Å². The van der Waals surface area contributed by atoms with Gasteiger partial charge in [-0.3, -0.25) is 9.69 Å². The van der Waals surface area contributed by atoms with Crippen molar-refractivity contribution in [3.8, 4) is 17.0 Å². The van der Waals surface area contributed by atoms with Crippen molar-refractivity contribution >= 4 is 22.4 Å². The Hall–Kier alpha value is -2.66. The number of hydrogen-bond donors (Lipinski definition) is 0. The van der Waals surface area contributed by atoms with Gasteiger partial charge >= 0.3 is 0 Å². The number of anilines is 1. The van der Waals surface area contributed by atoms with Gasteiger partial charge in [-0.25, -0.2) is 4.98 Å². The minimum absolute atomic E-state index is 0.0611. The molecule has 0 N–H and O–H groups in total. The van der Waals surface area contributed by atoms with E-state index in [4.69, 9.17) is 9.72 Å². The van der Waals surface area contributed by atoms with E-state index in [9.17, 15) is 4.79 Å². The van der Waals surface area contributed by atoms with E-state index in [0.29, 0.717) is 13.0 Å². The van der Waals surface area contributed by atoms with Gasteiger partial charge in [-0.15, -0.1) is 11.3 Å². The van der Waals surface area contributed by atoms with E-state index in [1.54, 1.807) is 12.0 Å². The van der Waals surface area contributed by atoms with Gasteiger partial charge < -0.3 is 4.74 Å². The van der Waals surface area contributed by atoms with Crippen molar-refractivity contribution in [2.45, 2.75) is 19.8 Å². The van der Waals surface area contributed by atoms with Crippen LogP contribution in [-0.2, 0) is 11.2 Å². The lowest BCUT2D eigenvalue weighted by atomic mass is 10.1. The van der Waals surface area contributed by atoms with Gasteiger partial charge in [0.15, 0.2) is 5.13 Å². The molecule has 0 radical (unpaired) electrons. The van der Waals surface area contributed by atoms with Gasteiger partial charge in [0.05, 0.1) is 19.2 Å². The van der Waals surface area contributed by atoms with Gasteiger partial charge in [-0.1, -0.05) is 49.4 Å². The summed E-state index contributed by atoms with van der Waals surface area (Å²) in [5.41, 5.74) is 2.94. The molecule has 3 aromatic rings. The van der Waals surface area contributed by atoms with Crippen LogP contribution in [0.1, 0.15) is 18.9 Å². The molecule has 4 nitrogen and oxygen atoms in total. The predicted molar refractivity (Wildman–Crippen MR) is 107 cm³/mol. The molecule has 0 unspecified atom stereocenters. The zero-order chi connectivity index (χ0) is 18.4. The molecule has 0 aliphatic carbocycles. The summed E-state index contributed by atoms with van der Waals surface area (Å²) in [7, 11) is 1.63. The Labute approximate surface area is 158 Å². The van der Waals surface area contributed by atoms with Crippen LogP contribution in [0.25, 0.3) is 11.3 Å². The molecule has 0 atom stereocenters. The highest BCUT2D eigenvalue weighted by Crippen LogP contribution is 2.28. The maximum Gasteiger partial charge on any atom is 0.233 e. The smallest absolute Gasteiger partial charge is 0.233 e. The summed E-state index contributed by atoms with van der Waals surface area (Å²) in [6, 6.07) is 17.6. The number of thiazole rings is 1. The summed E-state index contributed by atoms with van der Waals surface area (Å²) >= 11 is 1.51. The maximum atomic E-state index is 12.9. The van der Waals surface area contributed by atoms with Crippen LogP contribution in [0.3, 0.4) is 0 Å². The van der Waals surface area contributed by atoms with E-state index in [1.807, 2.05) is 60.0 Å². The number of ether oxygens (including phenoxy) is 1. The highest BCUT2D eigenvalue weighted by molar-refractivity contribution is 7.14. The average molecular weight is 366 g/mol. The maximum absolute atomic E-state index is 12.9. The lowest BCUT2D eigenvalue weighted by Gasteiger charge is -2.19. The average Bonchev–Trinajstić information content (AvgIpc) is 3.17. The standard InChI is InChI=1S/C21H22N2O2S/c1-3-13-23(20(24)14-16-9-11-18(25-2)12-10-16)21-22-19(15-26-21)17-7-5-4-6-8-17/h4-12,15H,3,13-14H2,1-2H3. The van der Waals surface area contributed by atoms with Crippen LogP contribution in [0, 0.1) is 0 Å². The normalized spacial score (nSPS) is 10.5. The highest BCUT2D eigenvalue weighted by atomic mass is 32.1. The first-order chi connectivity index (χ1) is 12.7. The summed E-state index contributed by atoms with van der Waals surface area (Å²) in [4.78, 5) is 19.4. The van der Waals surface area contributed by atoms with Crippen molar-refractivity contribution < 1.29 is 9.53 Å². The van der Waals surface area contributed by atoms with Crippen LogP contribution in [0.4, 0.5) is 5.13 Å². The Morgan fingerprint density at radius 2 is 1.85 bits per heavy atom. The van der Waals surface area contributed by atoms with E-state index in [0.717, 1.165) is 34.1 Å². The first kappa shape index (κ1) is 18.1. The van der Waals surface area contributed by atoms with E-state index in [2.05, 4.69) is 6.92 Å². The van der Waals surface area contributed by atoms with Gasteiger partial charge in [0, 0.05) is 17.5 Å². The Bertz CT molecular complexity index is 844. The lowest BCUT2D eigenvalue weighted by molar-refractivity contribution is -0.118. The van der Waals surface area contributed by atoms with E-state index < -0.39 is 0 Å². The molecule has 2 aromatic carbocycles. The van der Waals surface area contributed by atoms with Crippen LogP contribution < -0.4 is 9.64 Å². The fourth-order valence-electron chi connectivity index (χ4n) is 2.69. The van der Waals surface area contributed by atoms with Crippen molar-refractivity contribution in [1.29, 1.82) is 0 Å². The second kappa shape index (κ2) is 8.63. The summed E-state index contributed by atoms with van der Waals surface area (Å²) in [6.45, 7) is 2.73. The highest BCUT2D eigenvalue weighted by Gasteiger charge is 2.19. The van der Waals surface area contributed by atoms with Gasteiger partial charge in [0.25, 0.3) is 0 Å². The first-order valence-electron chi connectivity index (χ1n) is 8.65. The molecular formula is C21H22N2O2S. The van der Waals surface area contributed by atoms with E-state index in [1.165, 1.54) is 11.3 Å².